The molecular formula is C18H16BrNO. The normalized spacial score (nSPS) is 12.6. The molecule has 0 radical (unpaired) electrons. The van der Waals surface area contributed by atoms with Crippen molar-refractivity contribution in [2.45, 2.75) is 20.0 Å². The smallest absolute Gasteiger partial charge is 0.122 e. The van der Waals surface area contributed by atoms with Crippen LogP contribution in [0.1, 0.15) is 28.5 Å². The largest absolute Gasteiger partial charge is 0.382 e. The van der Waals surface area contributed by atoms with Crippen LogP contribution in [0.25, 0.3) is 10.9 Å². The number of pyridine rings is 1. The maximum atomic E-state index is 10.7. The zero-order valence-electron chi connectivity index (χ0n) is 12.0. The first-order chi connectivity index (χ1) is 10.1. The predicted octanol–water partition coefficient (Wildman–Crippen LogP) is 4.70. The summed E-state index contributed by atoms with van der Waals surface area (Å²) in [5.74, 6) is 0. The molecule has 3 heteroatoms. The predicted molar refractivity (Wildman–Crippen MR) is 89.4 cm³/mol. The lowest BCUT2D eigenvalue weighted by Gasteiger charge is -2.16. The molecule has 2 aromatic carbocycles. The summed E-state index contributed by atoms with van der Waals surface area (Å²) < 4.78 is 0.828. The monoisotopic (exact) mass is 341 g/mol. The van der Waals surface area contributed by atoms with E-state index in [1.165, 1.54) is 0 Å². The van der Waals surface area contributed by atoms with Crippen LogP contribution in [0.3, 0.4) is 0 Å². The number of rotatable bonds is 2. The lowest BCUT2D eigenvalue weighted by Crippen LogP contribution is -2.06. The zero-order valence-corrected chi connectivity index (χ0v) is 13.6. The number of hydrogen-bond donors (Lipinski definition) is 1. The van der Waals surface area contributed by atoms with E-state index in [9.17, 15) is 5.11 Å². The molecule has 0 spiro atoms. The summed E-state index contributed by atoms with van der Waals surface area (Å²) >= 11 is 3.54. The van der Waals surface area contributed by atoms with Crippen LogP contribution >= 0.6 is 15.9 Å². The molecule has 3 rings (SSSR count). The Hall–Kier alpha value is -1.71. The molecule has 0 aliphatic heterocycles. The van der Waals surface area contributed by atoms with E-state index < -0.39 is 6.10 Å². The summed E-state index contributed by atoms with van der Waals surface area (Å²) in [6, 6.07) is 16.0. The Labute approximate surface area is 132 Å². The average Bonchev–Trinajstić information content (AvgIpc) is 2.48. The number of nitrogens with zero attached hydrogens (tertiary/aromatic N) is 1. The average molecular weight is 342 g/mol. The summed E-state index contributed by atoms with van der Waals surface area (Å²) in [4.78, 5) is 4.62. The number of aliphatic hydroxyl groups is 1. The van der Waals surface area contributed by atoms with Crippen LogP contribution in [0.4, 0.5) is 0 Å². The molecule has 1 heterocycles. The van der Waals surface area contributed by atoms with Crippen molar-refractivity contribution in [1.29, 1.82) is 0 Å². The van der Waals surface area contributed by atoms with Gasteiger partial charge in [-0.15, -0.1) is 0 Å². The highest BCUT2D eigenvalue weighted by molar-refractivity contribution is 9.10. The Morgan fingerprint density at radius 3 is 2.62 bits per heavy atom. The minimum Gasteiger partial charge on any atom is -0.382 e. The highest BCUT2D eigenvalue weighted by atomic mass is 79.9. The van der Waals surface area contributed by atoms with Gasteiger partial charge in [0.1, 0.15) is 6.10 Å². The summed E-state index contributed by atoms with van der Waals surface area (Å²) in [5.41, 5.74) is 4.64. The Kier molecular flexibility index (Phi) is 3.79. The van der Waals surface area contributed by atoms with Gasteiger partial charge in [-0.25, -0.2) is 4.98 Å². The summed E-state index contributed by atoms with van der Waals surface area (Å²) in [6.45, 7) is 4.03. The second-order valence-electron chi connectivity index (χ2n) is 5.31. The Bertz CT molecular complexity index is 813. The number of fused-ring (bicyclic) bond motifs is 1. The third kappa shape index (κ3) is 2.71. The van der Waals surface area contributed by atoms with Gasteiger partial charge in [0.25, 0.3) is 0 Å². The topological polar surface area (TPSA) is 33.1 Å². The van der Waals surface area contributed by atoms with Crippen molar-refractivity contribution in [2.24, 2.45) is 0 Å². The highest BCUT2D eigenvalue weighted by Crippen LogP contribution is 2.31. The van der Waals surface area contributed by atoms with Crippen molar-refractivity contribution in [3.05, 3.63) is 75.4 Å². The third-order valence-corrected chi connectivity index (χ3v) is 4.33. The van der Waals surface area contributed by atoms with Crippen molar-refractivity contribution in [2.75, 3.05) is 0 Å². The van der Waals surface area contributed by atoms with Crippen molar-refractivity contribution in [3.63, 3.8) is 0 Å². The van der Waals surface area contributed by atoms with Crippen LogP contribution in [0, 0.1) is 13.8 Å². The number of benzene rings is 2. The molecule has 106 valence electrons. The van der Waals surface area contributed by atoms with E-state index in [4.69, 9.17) is 0 Å². The van der Waals surface area contributed by atoms with E-state index in [-0.39, 0.29) is 0 Å². The molecule has 0 aliphatic rings. The minimum absolute atomic E-state index is 0.655. The molecule has 0 saturated heterocycles. The summed E-state index contributed by atoms with van der Waals surface area (Å²) in [5, 5.41) is 11.8. The van der Waals surface area contributed by atoms with Gasteiger partial charge in [0, 0.05) is 9.86 Å². The lowest BCUT2D eigenvalue weighted by molar-refractivity contribution is 0.214. The van der Waals surface area contributed by atoms with E-state index in [2.05, 4.69) is 27.0 Å². The number of aliphatic hydroxyl groups excluding tert-OH is 1. The van der Waals surface area contributed by atoms with Crippen LogP contribution in [0.5, 0.6) is 0 Å². The fourth-order valence-electron chi connectivity index (χ4n) is 2.50. The summed E-state index contributed by atoms with van der Waals surface area (Å²) in [7, 11) is 0. The van der Waals surface area contributed by atoms with Gasteiger partial charge in [0.05, 0.1) is 11.2 Å². The van der Waals surface area contributed by atoms with Gasteiger partial charge in [-0.1, -0.05) is 42.0 Å². The molecule has 0 fully saturated rings. The zero-order chi connectivity index (χ0) is 15.0. The molecule has 1 atom stereocenters. The van der Waals surface area contributed by atoms with Crippen LogP contribution < -0.4 is 0 Å². The van der Waals surface area contributed by atoms with Crippen molar-refractivity contribution < 1.29 is 5.11 Å². The van der Waals surface area contributed by atoms with E-state index >= 15 is 0 Å². The molecule has 3 aromatic rings. The third-order valence-electron chi connectivity index (χ3n) is 3.69. The number of para-hydroxylation sites is 1. The van der Waals surface area contributed by atoms with Crippen molar-refractivity contribution in [1.82, 2.24) is 4.98 Å². The van der Waals surface area contributed by atoms with Crippen molar-refractivity contribution in [3.8, 4) is 0 Å². The SMILES string of the molecule is Cc1ccc(C)c(C(O)c2nc3ccccc3cc2Br)c1. The van der Waals surface area contributed by atoms with Crippen molar-refractivity contribution >= 4 is 26.8 Å². The molecule has 0 aliphatic carbocycles. The van der Waals surface area contributed by atoms with Crippen LogP contribution in [-0.2, 0) is 0 Å². The standard InChI is InChI=1S/C18H16BrNO/c1-11-7-8-12(2)14(9-11)18(21)17-15(19)10-13-5-3-4-6-16(13)20-17/h3-10,18,21H,1-2H3. The summed E-state index contributed by atoms with van der Waals surface area (Å²) in [6.07, 6.45) is -0.733. The number of hydrogen-bond acceptors (Lipinski definition) is 2. The Morgan fingerprint density at radius 2 is 1.81 bits per heavy atom. The molecular weight excluding hydrogens is 326 g/mol. The van der Waals surface area contributed by atoms with Gasteiger partial charge >= 0.3 is 0 Å². The fourth-order valence-corrected chi connectivity index (χ4v) is 3.05. The quantitative estimate of drug-likeness (QED) is 0.733. The second kappa shape index (κ2) is 5.58. The Morgan fingerprint density at radius 1 is 1.05 bits per heavy atom. The van der Waals surface area contributed by atoms with E-state index in [1.807, 2.05) is 56.3 Å². The highest BCUT2D eigenvalue weighted by Gasteiger charge is 2.18. The first-order valence-corrected chi connectivity index (χ1v) is 7.66. The van der Waals surface area contributed by atoms with Gasteiger partial charge in [-0.2, -0.15) is 0 Å². The molecule has 0 bridgehead atoms. The van der Waals surface area contributed by atoms with Crippen LogP contribution in [-0.4, -0.2) is 10.1 Å². The minimum atomic E-state index is -0.733. The molecule has 1 aromatic heterocycles. The first-order valence-electron chi connectivity index (χ1n) is 6.86. The molecule has 0 saturated carbocycles. The van der Waals surface area contributed by atoms with Gasteiger partial charge in [-0.3, -0.25) is 0 Å². The number of aryl methyl sites for hydroxylation is 2. The van der Waals surface area contributed by atoms with E-state index in [0.29, 0.717) is 5.69 Å². The van der Waals surface area contributed by atoms with Crippen LogP contribution in [0.2, 0.25) is 0 Å². The fraction of sp³-hybridized carbons (Fsp3) is 0.167. The molecule has 1 unspecified atom stereocenters. The molecule has 2 nitrogen and oxygen atoms in total. The lowest BCUT2D eigenvalue weighted by atomic mass is 9.98. The van der Waals surface area contributed by atoms with Gasteiger partial charge in [0.2, 0.25) is 0 Å². The van der Waals surface area contributed by atoms with Crippen LogP contribution in [0.15, 0.2) is 53.0 Å². The van der Waals surface area contributed by atoms with Gasteiger partial charge in [-0.05, 0) is 53.0 Å². The number of aromatic nitrogens is 1. The first kappa shape index (κ1) is 14.2. The molecule has 21 heavy (non-hydrogen) atoms. The number of halogens is 1. The molecule has 0 amide bonds. The molecule has 1 N–H and O–H groups in total. The van der Waals surface area contributed by atoms with E-state index in [0.717, 1.165) is 32.1 Å². The maximum absolute atomic E-state index is 10.7. The van der Waals surface area contributed by atoms with Gasteiger partial charge < -0.3 is 5.11 Å². The van der Waals surface area contributed by atoms with E-state index in [1.54, 1.807) is 0 Å². The maximum Gasteiger partial charge on any atom is 0.122 e. The Balaban J connectivity index is 2.14. The second-order valence-corrected chi connectivity index (χ2v) is 6.17. The van der Waals surface area contributed by atoms with Gasteiger partial charge in [0.15, 0.2) is 0 Å².